The predicted molar refractivity (Wildman–Crippen MR) is 138 cm³/mol. The van der Waals surface area contributed by atoms with Crippen LogP contribution in [0, 0.1) is 11.8 Å². The molecule has 39 heavy (non-hydrogen) atoms. The number of benzene rings is 1. The van der Waals surface area contributed by atoms with Crippen molar-refractivity contribution in [1.29, 1.82) is 0 Å². The Kier molecular flexibility index (Phi) is 7.35. The van der Waals surface area contributed by atoms with Crippen molar-refractivity contribution in [2.75, 3.05) is 14.1 Å². The van der Waals surface area contributed by atoms with Crippen LogP contribution >= 0.6 is 0 Å². The lowest BCUT2D eigenvalue weighted by atomic mass is 9.55. The van der Waals surface area contributed by atoms with Gasteiger partial charge in [0, 0.05) is 17.9 Å². The van der Waals surface area contributed by atoms with Gasteiger partial charge in [-0.3, -0.25) is 24.1 Å². The highest BCUT2D eigenvalue weighted by Crippen LogP contribution is 2.56. The number of aliphatic hydroxyl groups excluding tert-OH is 2. The molecule has 1 amide bonds. The van der Waals surface area contributed by atoms with Crippen LogP contribution in [0.5, 0.6) is 5.75 Å². The van der Waals surface area contributed by atoms with Gasteiger partial charge in [0.1, 0.15) is 28.9 Å². The number of aliphatic hydroxyl groups is 3. The number of rotatable bonds is 7. The van der Waals surface area contributed by atoms with Gasteiger partial charge in [-0.25, -0.2) is 0 Å². The van der Waals surface area contributed by atoms with Crippen LogP contribution in [0.1, 0.15) is 61.4 Å². The van der Waals surface area contributed by atoms with Gasteiger partial charge < -0.3 is 30.9 Å². The lowest BCUT2D eigenvalue weighted by molar-refractivity contribution is -0.181. The van der Waals surface area contributed by atoms with E-state index in [4.69, 9.17) is 10.5 Å². The van der Waals surface area contributed by atoms with E-state index in [1.165, 1.54) is 25.1 Å². The van der Waals surface area contributed by atoms with Gasteiger partial charge in [0.15, 0.2) is 11.4 Å². The molecule has 1 aromatic rings. The summed E-state index contributed by atoms with van der Waals surface area (Å²) in [6.45, 7) is 3.68. The van der Waals surface area contributed by atoms with E-state index in [1.807, 2.05) is 6.92 Å². The van der Waals surface area contributed by atoms with E-state index < -0.39 is 81.6 Å². The first-order valence-corrected chi connectivity index (χ1v) is 13.0. The number of phenolic OH excluding ortho intramolecular Hbond substituents is 1. The Morgan fingerprint density at radius 1 is 1.13 bits per heavy atom. The molecule has 3 aliphatic carbocycles. The average Bonchev–Trinajstić information content (AvgIpc) is 2.85. The van der Waals surface area contributed by atoms with E-state index in [-0.39, 0.29) is 17.7 Å². The largest absolute Gasteiger partial charge is 0.510 e. The molecular formula is C28H34N2O9. The summed E-state index contributed by atoms with van der Waals surface area (Å²) in [6, 6.07) is 3.18. The first kappa shape index (κ1) is 28.3. The lowest BCUT2D eigenvalue weighted by Crippen LogP contribution is -2.69. The van der Waals surface area contributed by atoms with Crippen LogP contribution in [0.4, 0.5) is 0 Å². The summed E-state index contributed by atoms with van der Waals surface area (Å²) in [5, 5.41) is 45.1. The SMILES string of the molecule is CCCCCC(=O)O[C@@H]1[C@@H]2C(=C(O)[C@@]3(O)C(=O)C(C(N)=O)=C(O)[C@H](N(C)C)[C@@H]13)C(=O)c1c(O)cccc1[C@H]2C. The fourth-order valence-corrected chi connectivity index (χ4v) is 6.42. The van der Waals surface area contributed by atoms with Crippen molar-refractivity contribution in [3.63, 3.8) is 0 Å². The number of Topliss-reactive ketones (excluding diaryl/α,β-unsaturated/α-hetero) is 2. The molecule has 11 nitrogen and oxygen atoms in total. The Bertz CT molecular complexity index is 1310. The molecule has 0 bridgehead atoms. The normalized spacial score (nSPS) is 30.2. The fraction of sp³-hybridized carbons (Fsp3) is 0.500. The number of hydrogen-bond acceptors (Lipinski definition) is 10. The van der Waals surface area contributed by atoms with Crippen molar-refractivity contribution in [3.05, 3.63) is 52.0 Å². The van der Waals surface area contributed by atoms with Crippen molar-refractivity contribution in [3.8, 4) is 5.75 Å². The zero-order valence-electron chi connectivity index (χ0n) is 22.3. The summed E-state index contributed by atoms with van der Waals surface area (Å²) < 4.78 is 5.94. The zero-order chi connectivity index (χ0) is 29.0. The van der Waals surface area contributed by atoms with Gasteiger partial charge in [0.25, 0.3) is 5.91 Å². The highest BCUT2D eigenvalue weighted by Gasteiger charge is 2.68. The molecule has 0 aliphatic heterocycles. The monoisotopic (exact) mass is 542 g/mol. The van der Waals surface area contributed by atoms with Crippen molar-refractivity contribution in [1.82, 2.24) is 4.90 Å². The number of nitrogens with zero attached hydrogens (tertiary/aromatic N) is 1. The second-order valence-electron chi connectivity index (χ2n) is 10.7. The Balaban J connectivity index is 2.02. The van der Waals surface area contributed by atoms with Gasteiger partial charge in [-0.1, -0.05) is 38.8 Å². The molecule has 0 heterocycles. The number of phenols is 1. The maximum atomic E-state index is 13.8. The van der Waals surface area contributed by atoms with Crippen LogP contribution < -0.4 is 5.73 Å². The van der Waals surface area contributed by atoms with Gasteiger partial charge in [-0.15, -0.1) is 0 Å². The van der Waals surface area contributed by atoms with E-state index in [0.717, 1.165) is 12.8 Å². The number of ether oxygens (including phenoxy) is 1. The van der Waals surface area contributed by atoms with Crippen LogP contribution in [0.3, 0.4) is 0 Å². The number of carbonyl (C=O) groups excluding carboxylic acids is 4. The number of ketones is 2. The summed E-state index contributed by atoms with van der Waals surface area (Å²) in [7, 11) is 3.02. The molecule has 0 unspecified atom stereocenters. The molecule has 11 heteroatoms. The van der Waals surface area contributed by atoms with Gasteiger partial charge in [0.05, 0.1) is 17.5 Å². The number of carbonyl (C=O) groups is 4. The summed E-state index contributed by atoms with van der Waals surface area (Å²) in [5.74, 6) is -9.56. The van der Waals surface area contributed by atoms with E-state index in [0.29, 0.717) is 12.0 Å². The topological polar surface area (TPSA) is 188 Å². The number of fused-ring (bicyclic) bond motifs is 3. The highest BCUT2D eigenvalue weighted by molar-refractivity contribution is 6.25. The molecule has 0 spiro atoms. The van der Waals surface area contributed by atoms with Crippen LogP contribution in [0.25, 0.3) is 0 Å². The van der Waals surface area contributed by atoms with E-state index in [9.17, 15) is 39.6 Å². The first-order chi connectivity index (χ1) is 18.3. The Morgan fingerprint density at radius 2 is 1.79 bits per heavy atom. The molecule has 6 N–H and O–H groups in total. The summed E-state index contributed by atoms with van der Waals surface area (Å²) in [6.07, 6.45) is 0.766. The molecular weight excluding hydrogens is 508 g/mol. The Hall–Kier alpha value is -3.70. The minimum Gasteiger partial charge on any atom is -0.510 e. The second kappa shape index (κ2) is 10.1. The van der Waals surface area contributed by atoms with Crippen molar-refractivity contribution < 1.29 is 44.3 Å². The second-order valence-corrected chi connectivity index (χ2v) is 10.7. The molecule has 4 rings (SSSR count). The fourth-order valence-electron chi connectivity index (χ4n) is 6.42. The zero-order valence-corrected chi connectivity index (χ0v) is 22.3. The molecule has 6 atom stereocenters. The van der Waals surface area contributed by atoms with Gasteiger partial charge in [-0.2, -0.15) is 0 Å². The number of amides is 1. The van der Waals surface area contributed by atoms with Gasteiger partial charge in [0.2, 0.25) is 5.78 Å². The van der Waals surface area contributed by atoms with E-state index in [1.54, 1.807) is 19.1 Å². The molecule has 210 valence electrons. The summed E-state index contributed by atoms with van der Waals surface area (Å²) >= 11 is 0. The highest BCUT2D eigenvalue weighted by atomic mass is 16.5. The number of aromatic hydroxyl groups is 1. The van der Waals surface area contributed by atoms with E-state index in [2.05, 4.69) is 0 Å². The molecule has 0 saturated heterocycles. The number of likely N-dealkylation sites (N-methyl/N-ethyl adjacent to an activating group) is 1. The van der Waals surface area contributed by atoms with E-state index >= 15 is 0 Å². The third-order valence-electron chi connectivity index (χ3n) is 8.22. The summed E-state index contributed by atoms with van der Waals surface area (Å²) in [4.78, 5) is 54.2. The maximum absolute atomic E-state index is 13.8. The predicted octanol–water partition coefficient (Wildman–Crippen LogP) is 1.78. The third-order valence-corrected chi connectivity index (χ3v) is 8.22. The van der Waals surface area contributed by atoms with Crippen molar-refractivity contribution >= 4 is 23.4 Å². The molecule has 0 radical (unpaired) electrons. The molecule has 0 saturated carbocycles. The van der Waals surface area contributed by atoms with Crippen LogP contribution in [0.2, 0.25) is 0 Å². The maximum Gasteiger partial charge on any atom is 0.306 e. The Morgan fingerprint density at radius 3 is 2.38 bits per heavy atom. The number of esters is 1. The van der Waals surface area contributed by atoms with Gasteiger partial charge >= 0.3 is 5.97 Å². The lowest BCUT2D eigenvalue weighted by Gasteiger charge is -2.54. The standard InChI is InChI=1S/C28H34N2O9/c1-5-6-7-11-15(32)39-24-16-12(2)13-9-8-10-14(31)17(13)22(33)18(16)25(35)28(38)20(24)21(30(3)4)23(34)19(26(28)36)27(29)37/h8-10,12,16,20-21,24,31,34-35,38H,5-7,11H2,1-4H3,(H2,29,37)/t12-,16+,20+,21-,24-,28-/m1/s1. The van der Waals surface area contributed by atoms with Crippen LogP contribution in [-0.4, -0.2) is 80.6 Å². The van der Waals surface area contributed by atoms with Gasteiger partial charge in [-0.05, 0) is 38.1 Å². The number of unbranched alkanes of at least 4 members (excludes halogenated alkanes) is 2. The number of primary amides is 1. The molecule has 0 aromatic heterocycles. The number of nitrogens with two attached hydrogens (primary N) is 1. The quantitative estimate of drug-likeness (QED) is 0.193. The van der Waals surface area contributed by atoms with Crippen LogP contribution in [0.15, 0.2) is 40.9 Å². The van der Waals surface area contributed by atoms with Crippen LogP contribution in [-0.2, 0) is 19.1 Å². The third kappa shape index (κ3) is 4.11. The molecule has 0 fully saturated rings. The average molecular weight is 543 g/mol. The smallest absolute Gasteiger partial charge is 0.306 e. The Labute approximate surface area is 225 Å². The molecule has 1 aromatic carbocycles. The molecule has 3 aliphatic rings. The van der Waals surface area contributed by atoms with Crippen molar-refractivity contribution in [2.45, 2.75) is 63.2 Å². The summed E-state index contributed by atoms with van der Waals surface area (Å²) in [5.41, 5.74) is 1.44. The first-order valence-electron chi connectivity index (χ1n) is 13.0. The minimum absolute atomic E-state index is 0.0296. The van der Waals surface area contributed by atoms with Crippen molar-refractivity contribution in [2.24, 2.45) is 17.6 Å². The minimum atomic E-state index is -2.94. The number of hydrogen-bond donors (Lipinski definition) is 5.